The number of rotatable bonds is 4. The molecule has 0 radical (unpaired) electrons. The van der Waals surface area contributed by atoms with Gasteiger partial charge >= 0.3 is 0 Å². The Morgan fingerprint density at radius 3 is 2.48 bits per heavy atom. The highest BCUT2D eigenvalue weighted by atomic mass is 32.2. The molecule has 0 unspecified atom stereocenters. The normalized spacial score (nSPS) is 11.1. The summed E-state index contributed by atoms with van der Waals surface area (Å²) in [5, 5.41) is 10.9. The maximum atomic E-state index is 12.3. The summed E-state index contributed by atoms with van der Waals surface area (Å²) in [5.41, 5.74) is 5.62. The Balaban J connectivity index is 2.50. The number of anilines is 2. The summed E-state index contributed by atoms with van der Waals surface area (Å²) in [6.45, 7) is 1.52. The van der Waals surface area contributed by atoms with E-state index in [0.717, 1.165) is 6.07 Å². The van der Waals surface area contributed by atoms with E-state index >= 15 is 0 Å². The molecule has 1 aromatic heterocycles. The highest BCUT2D eigenvalue weighted by molar-refractivity contribution is 7.92. The van der Waals surface area contributed by atoms with Gasteiger partial charge in [0.1, 0.15) is 5.69 Å². The van der Waals surface area contributed by atoms with Gasteiger partial charge in [0.25, 0.3) is 15.7 Å². The molecule has 2 aromatic rings. The van der Waals surface area contributed by atoms with Crippen molar-refractivity contribution in [2.24, 2.45) is 0 Å². The molecule has 0 saturated carbocycles. The first kappa shape index (κ1) is 14.7. The zero-order chi connectivity index (χ0) is 15.6. The summed E-state index contributed by atoms with van der Waals surface area (Å²) in [5.74, 6) is 0. The Bertz CT molecular complexity index is 790. The molecule has 0 bridgehead atoms. The van der Waals surface area contributed by atoms with Gasteiger partial charge in [-0.1, -0.05) is 0 Å². The Kier molecular flexibility index (Phi) is 3.76. The lowest BCUT2D eigenvalue weighted by molar-refractivity contribution is -0.384. The lowest BCUT2D eigenvalue weighted by Gasteiger charge is -2.11. The molecule has 0 aliphatic rings. The van der Waals surface area contributed by atoms with E-state index in [4.69, 9.17) is 5.73 Å². The largest absolute Gasteiger partial charge is 0.393 e. The van der Waals surface area contributed by atoms with E-state index in [1.165, 1.54) is 37.5 Å². The fourth-order valence-corrected chi connectivity index (χ4v) is 3.08. The number of hydrogen-bond acceptors (Lipinski definition) is 6. The average molecular weight is 308 g/mol. The highest BCUT2D eigenvalue weighted by Crippen LogP contribution is 2.29. The molecule has 2 rings (SSSR count). The van der Waals surface area contributed by atoms with Crippen LogP contribution in [0.5, 0.6) is 0 Å². The molecule has 0 amide bonds. The van der Waals surface area contributed by atoms with Gasteiger partial charge in [-0.3, -0.25) is 19.8 Å². The molecule has 110 valence electrons. The lowest BCUT2D eigenvalue weighted by atomic mass is 10.2. The summed E-state index contributed by atoms with van der Waals surface area (Å²) in [6, 6.07) is 5.16. The minimum atomic E-state index is -3.95. The maximum Gasteiger partial charge on any atom is 0.293 e. The second kappa shape index (κ2) is 5.37. The van der Waals surface area contributed by atoms with Gasteiger partial charge in [0, 0.05) is 18.5 Å². The number of aromatic nitrogens is 1. The standard InChI is InChI=1S/C12H12N4O4S/c1-8-6-10(13)11(16(17)18)7-12(8)21(19,20)15-9-2-4-14-5-3-9/h2-7H,13H2,1H3,(H,14,15). The predicted molar refractivity (Wildman–Crippen MR) is 77.3 cm³/mol. The number of nitrogens with zero attached hydrogens (tertiary/aromatic N) is 2. The van der Waals surface area contributed by atoms with Crippen LogP contribution in [0.15, 0.2) is 41.6 Å². The Hall–Kier alpha value is -2.68. The van der Waals surface area contributed by atoms with E-state index in [0.29, 0.717) is 11.3 Å². The van der Waals surface area contributed by atoms with Crippen molar-refractivity contribution in [1.82, 2.24) is 4.98 Å². The van der Waals surface area contributed by atoms with E-state index < -0.39 is 20.6 Å². The van der Waals surface area contributed by atoms with Crippen molar-refractivity contribution in [3.05, 3.63) is 52.3 Å². The van der Waals surface area contributed by atoms with Crippen molar-refractivity contribution in [3.63, 3.8) is 0 Å². The van der Waals surface area contributed by atoms with Gasteiger partial charge in [-0.2, -0.15) is 0 Å². The summed E-state index contributed by atoms with van der Waals surface area (Å²) >= 11 is 0. The second-order valence-corrected chi connectivity index (χ2v) is 5.93. The minimum absolute atomic E-state index is 0.0830. The molecule has 0 aliphatic heterocycles. The van der Waals surface area contributed by atoms with Crippen LogP contribution >= 0.6 is 0 Å². The van der Waals surface area contributed by atoms with Gasteiger partial charge in [-0.15, -0.1) is 0 Å². The summed E-state index contributed by atoms with van der Waals surface area (Å²) in [4.78, 5) is 13.7. The van der Waals surface area contributed by atoms with E-state index in [-0.39, 0.29) is 10.6 Å². The van der Waals surface area contributed by atoms with Gasteiger partial charge in [0.05, 0.1) is 15.5 Å². The Labute approximate surface area is 120 Å². The molecular weight excluding hydrogens is 296 g/mol. The third-order valence-electron chi connectivity index (χ3n) is 2.74. The van der Waals surface area contributed by atoms with Gasteiger partial charge in [-0.05, 0) is 30.7 Å². The molecule has 0 atom stereocenters. The van der Waals surface area contributed by atoms with Crippen LogP contribution in [-0.4, -0.2) is 18.3 Å². The van der Waals surface area contributed by atoms with Gasteiger partial charge in [-0.25, -0.2) is 8.42 Å². The first-order valence-electron chi connectivity index (χ1n) is 5.78. The van der Waals surface area contributed by atoms with Crippen LogP contribution < -0.4 is 10.5 Å². The van der Waals surface area contributed by atoms with E-state index in [1.807, 2.05) is 0 Å². The summed E-state index contributed by atoms with van der Waals surface area (Å²) < 4.78 is 27.0. The maximum absolute atomic E-state index is 12.3. The molecule has 1 aromatic carbocycles. The van der Waals surface area contributed by atoms with E-state index in [9.17, 15) is 18.5 Å². The first-order chi connectivity index (χ1) is 9.81. The second-order valence-electron chi connectivity index (χ2n) is 4.28. The van der Waals surface area contributed by atoms with Crippen molar-refractivity contribution >= 4 is 27.1 Å². The first-order valence-corrected chi connectivity index (χ1v) is 7.27. The van der Waals surface area contributed by atoms with Crippen LogP contribution in [0.3, 0.4) is 0 Å². The molecule has 0 spiro atoms. The van der Waals surface area contributed by atoms with Gasteiger partial charge in [0.2, 0.25) is 0 Å². The number of nitrogens with one attached hydrogen (secondary N) is 1. The summed E-state index contributed by atoms with van der Waals surface area (Å²) in [7, 11) is -3.95. The van der Waals surface area contributed by atoms with E-state index in [1.54, 1.807) is 0 Å². The van der Waals surface area contributed by atoms with Crippen molar-refractivity contribution in [2.45, 2.75) is 11.8 Å². The smallest absolute Gasteiger partial charge is 0.293 e. The molecule has 3 N–H and O–H groups in total. The zero-order valence-electron chi connectivity index (χ0n) is 11.0. The SMILES string of the molecule is Cc1cc(N)c([N+](=O)[O-])cc1S(=O)(=O)Nc1ccncc1. The number of nitro groups is 1. The van der Waals surface area contributed by atoms with Crippen LogP contribution in [-0.2, 0) is 10.0 Å². The Morgan fingerprint density at radius 1 is 1.29 bits per heavy atom. The van der Waals surface area contributed by atoms with Crippen LogP contribution in [0.4, 0.5) is 17.1 Å². The Morgan fingerprint density at radius 2 is 1.90 bits per heavy atom. The number of benzene rings is 1. The van der Waals surface area contributed by atoms with E-state index in [2.05, 4.69) is 9.71 Å². The third-order valence-corrected chi connectivity index (χ3v) is 4.27. The minimum Gasteiger partial charge on any atom is -0.393 e. The summed E-state index contributed by atoms with van der Waals surface area (Å²) in [6.07, 6.45) is 2.85. The predicted octanol–water partition coefficient (Wildman–Crippen LogP) is 1.68. The molecule has 0 aliphatic carbocycles. The molecule has 8 nitrogen and oxygen atoms in total. The number of nitro benzene ring substituents is 1. The third kappa shape index (κ3) is 3.08. The topological polar surface area (TPSA) is 128 Å². The number of pyridine rings is 1. The van der Waals surface area contributed by atoms with Gasteiger partial charge < -0.3 is 5.73 Å². The van der Waals surface area contributed by atoms with Crippen LogP contribution in [0.25, 0.3) is 0 Å². The van der Waals surface area contributed by atoms with Gasteiger partial charge in [0.15, 0.2) is 0 Å². The van der Waals surface area contributed by atoms with Crippen LogP contribution in [0.2, 0.25) is 0 Å². The molecule has 1 heterocycles. The fourth-order valence-electron chi connectivity index (χ4n) is 1.78. The monoisotopic (exact) mass is 308 g/mol. The lowest BCUT2D eigenvalue weighted by Crippen LogP contribution is -2.15. The van der Waals surface area contributed by atoms with Crippen molar-refractivity contribution < 1.29 is 13.3 Å². The van der Waals surface area contributed by atoms with Crippen LogP contribution in [0, 0.1) is 17.0 Å². The molecule has 0 saturated heterocycles. The van der Waals surface area contributed by atoms with Crippen molar-refractivity contribution in [1.29, 1.82) is 0 Å². The average Bonchev–Trinajstić information content (AvgIpc) is 2.38. The molecular formula is C12H12N4O4S. The fraction of sp³-hybridized carbons (Fsp3) is 0.0833. The number of nitrogen functional groups attached to an aromatic ring is 1. The molecule has 9 heteroatoms. The number of aryl methyl sites for hydroxylation is 1. The zero-order valence-corrected chi connectivity index (χ0v) is 11.8. The highest BCUT2D eigenvalue weighted by Gasteiger charge is 2.23. The van der Waals surface area contributed by atoms with Crippen LogP contribution in [0.1, 0.15) is 5.56 Å². The number of sulfonamides is 1. The quantitative estimate of drug-likeness (QED) is 0.502. The number of hydrogen-bond donors (Lipinski definition) is 2. The number of nitrogens with two attached hydrogens (primary N) is 1. The molecule has 21 heavy (non-hydrogen) atoms. The molecule has 0 fully saturated rings. The van der Waals surface area contributed by atoms with Crippen molar-refractivity contribution in [3.8, 4) is 0 Å². The van der Waals surface area contributed by atoms with Crippen molar-refractivity contribution in [2.75, 3.05) is 10.5 Å².